The van der Waals surface area contributed by atoms with Gasteiger partial charge >= 0.3 is 44.2 Å². The molecular formula is C25H37N3O19P2S. The van der Waals surface area contributed by atoms with Gasteiger partial charge in [-0.2, -0.15) is 4.31 Å². The monoisotopic (exact) mass is 777 g/mol. The maximum Gasteiger partial charge on any atom is 0.482 e. The second-order valence-electron chi connectivity index (χ2n) is 11.3. The van der Waals surface area contributed by atoms with Crippen molar-refractivity contribution in [3.05, 3.63) is 33.1 Å². The van der Waals surface area contributed by atoms with Gasteiger partial charge in [-0.25, -0.2) is 13.9 Å². The van der Waals surface area contributed by atoms with Gasteiger partial charge in [0.15, 0.2) is 24.5 Å². The predicted molar refractivity (Wildman–Crippen MR) is 165 cm³/mol. The van der Waals surface area contributed by atoms with Crippen LogP contribution >= 0.6 is 26.9 Å². The first kappa shape index (κ1) is 41.5. The van der Waals surface area contributed by atoms with Gasteiger partial charge < -0.3 is 44.2 Å². The smallest absolute Gasteiger partial charge is 0.462 e. The topological polar surface area (TPSA) is 307 Å². The van der Waals surface area contributed by atoms with E-state index in [1.54, 1.807) is 0 Å². The molecule has 2 saturated heterocycles. The number of aliphatic hydroxyl groups is 1. The number of aromatic nitrogens is 2. The highest BCUT2D eigenvalue weighted by molar-refractivity contribution is 8.45. The maximum atomic E-state index is 13.2. The molecule has 2 aliphatic rings. The summed E-state index contributed by atoms with van der Waals surface area (Å²) in [7, 11) is -5.66. The van der Waals surface area contributed by atoms with E-state index in [0.29, 0.717) is 0 Å². The molecule has 1 aromatic heterocycles. The first-order chi connectivity index (χ1) is 23.0. The number of carbonyl (C=O) groups is 4. The number of hydrogen-bond donors (Lipinski definition) is 5. The Balaban J connectivity index is 1.81. The molecule has 0 aromatic carbocycles. The Labute approximate surface area is 288 Å². The zero-order valence-corrected chi connectivity index (χ0v) is 29.8. The molecule has 50 heavy (non-hydrogen) atoms. The Morgan fingerprint density at radius 3 is 2.26 bits per heavy atom. The molecule has 0 saturated carbocycles. The van der Waals surface area contributed by atoms with Gasteiger partial charge in [0.05, 0.1) is 18.2 Å². The molecule has 282 valence electrons. The minimum atomic E-state index is -5.66. The zero-order chi connectivity index (χ0) is 37.8. The van der Waals surface area contributed by atoms with E-state index in [9.17, 15) is 47.9 Å². The quantitative estimate of drug-likeness (QED) is 0.0666. The molecule has 2 fully saturated rings. The Kier molecular flexibility index (Phi) is 13.8. The summed E-state index contributed by atoms with van der Waals surface area (Å²) in [6, 6.07) is 1.06. The largest absolute Gasteiger partial charge is 0.482 e. The summed E-state index contributed by atoms with van der Waals surface area (Å²) in [5, 5.41) is 11.1. The lowest BCUT2D eigenvalue weighted by Gasteiger charge is -2.44. The van der Waals surface area contributed by atoms with E-state index in [4.69, 9.17) is 43.2 Å². The van der Waals surface area contributed by atoms with Crippen LogP contribution in [0.5, 0.6) is 0 Å². The van der Waals surface area contributed by atoms with E-state index in [1.165, 1.54) is 6.92 Å². The second-order valence-corrected chi connectivity index (χ2v) is 15.8. The van der Waals surface area contributed by atoms with Crippen molar-refractivity contribution in [3.63, 3.8) is 0 Å². The van der Waals surface area contributed by atoms with Crippen LogP contribution in [0.4, 0.5) is 0 Å². The molecule has 3 heterocycles. The number of thiol groups is 1. The molecular weight excluding hydrogens is 740 g/mol. The predicted octanol–water partition coefficient (Wildman–Crippen LogP) is -0.826. The minimum absolute atomic E-state index is 0.0115. The number of hydrogen-bond acceptors (Lipinski definition) is 19. The van der Waals surface area contributed by atoms with Crippen molar-refractivity contribution < 1.29 is 80.1 Å². The summed E-state index contributed by atoms with van der Waals surface area (Å²) in [6.07, 6.45) is -12.7. The van der Waals surface area contributed by atoms with Gasteiger partial charge in [-0.3, -0.25) is 42.6 Å². The van der Waals surface area contributed by atoms with Crippen molar-refractivity contribution in [2.75, 3.05) is 13.2 Å². The molecule has 3 rings (SSSR count). The SMILES string of the molecule is CC(=O)OC[C@H](OC(C)=O)C1OC(OP(=O)(O)OP(=O)(S)OC[C@@H]2C[C@@](C)(N)[C@H](n3ccc(=O)[nH]c3=O)O2)C(OC(C)=O)C(OC(C)=O)C1O. The third kappa shape index (κ3) is 11.5. The van der Waals surface area contributed by atoms with Crippen LogP contribution in [0.3, 0.4) is 0 Å². The lowest BCUT2D eigenvalue weighted by atomic mass is 9.95. The number of ether oxygens (including phenoxy) is 6. The molecule has 11 atom stereocenters. The first-order valence-electron chi connectivity index (χ1n) is 14.4. The average molecular weight is 778 g/mol. The van der Waals surface area contributed by atoms with Crippen LogP contribution in [0.15, 0.2) is 21.9 Å². The highest BCUT2D eigenvalue weighted by Gasteiger charge is 2.55. The van der Waals surface area contributed by atoms with Gasteiger partial charge in [-0.1, -0.05) is 12.2 Å². The Bertz CT molecular complexity index is 1650. The fourth-order valence-electron chi connectivity index (χ4n) is 5.05. The van der Waals surface area contributed by atoms with E-state index in [-0.39, 0.29) is 6.42 Å². The van der Waals surface area contributed by atoms with Crippen LogP contribution in [0.1, 0.15) is 47.3 Å². The fourth-order valence-corrected chi connectivity index (χ4v) is 8.25. The lowest BCUT2D eigenvalue weighted by Crippen LogP contribution is -2.64. The van der Waals surface area contributed by atoms with E-state index in [2.05, 4.69) is 21.5 Å². The van der Waals surface area contributed by atoms with Crippen molar-refractivity contribution in [2.45, 2.75) is 95.7 Å². The van der Waals surface area contributed by atoms with Crippen LogP contribution in [-0.4, -0.2) is 105 Å². The average Bonchev–Trinajstić information content (AvgIpc) is 3.25. The molecule has 0 bridgehead atoms. The molecule has 25 heteroatoms. The summed E-state index contributed by atoms with van der Waals surface area (Å²) in [4.78, 5) is 83.5. The van der Waals surface area contributed by atoms with Crippen molar-refractivity contribution >= 4 is 50.7 Å². The molecule has 0 aliphatic carbocycles. The Morgan fingerprint density at radius 2 is 1.70 bits per heavy atom. The van der Waals surface area contributed by atoms with Gasteiger partial charge in [-0.05, 0) is 13.3 Å². The number of phosphoric ester groups is 1. The molecule has 22 nitrogen and oxygen atoms in total. The third-order valence-electron chi connectivity index (χ3n) is 6.82. The van der Waals surface area contributed by atoms with Crippen molar-refractivity contribution in [3.8, 4) is 0 Å². The summed E-state index contributed by atoms with van der Waals surface area (Å²) in [5.74, 6) is -3.91. The van der Waals surface area contributed by atoms with Gasteiger partial charge in [0.25, 0.3) is 5.56 Å². The third-order valence-corrected chi connectivity index (χ3v) is 10.4. The number of carbonyl (C=O) groups excluding carboxylic acids is 4. The van der Waals surface area contributed by atoms with Crippen LogP contribution in [0.2, 0.25) is 0 Å². The Morgan fingerprint density at radius 1 is 1.08 bits per heavy atom. The number of aromatic amines is 1. The van der Waals surface area contributed by atoms with Crippen LogP contribution in [-0.2, 0) is 70.1 Å². The number of nitrogens with one attached hydrogen (secondary N) is 1. The van der Waals surface area contributed by atoms with Crippen molar-refractivity contribution in [2.24, 2.45) is 5.73 Å². The molecule has 2 aliphatic heterocycles. The van der Waals surface area contributed by atoms with E-state index >= 15 is 0 Å². The number of rotatable bonds is 14. The summed E-state index contributed by atoms with van der Waals surface area (Å²) in [5.41, 5.74) is 3.57. The lowest BCUT2D eigenvalue weighted by molar-refractivity contribution is -0.299. The number of nitrogens with zero attached hydrogens (tertiary/aromatic N) is 1. The van der Waals surface area contributed by atoms with Crippen molar-refractivity contribution in [1.29, 1.82) is 0 Å². The molecule has 0 amide bonds. The van der Waals surface area contributed by atoms with Gasteiger partial charge in [-0.15, -0.1) is 0 Å². The standard InChI is InChI=1S/C25H37N3O19P2S/c1-11(29)39-10-16(41-12(2)30)19-18(34)20(42-13(3)31)21(43-14(4)32)22(45-19)46-48(36,37)47-49(38,50)40-9-15-8-25(5,26)23(44-15)28-7-6-17(33)27-24(28)35/h6-7,15-16,18-23,34H,8-10,26H2,1-5H3,(H,36,37)(H,38,50)(H,27,33,35)/t15-,16-,18?,19?,20?,21?,22?,23+,25+,49?/m0/s1. The molecule has 0 spiro atoms. The Hall–Kier alpha value is -2.95. The molecule has 0 radical (unpaired) electrons. The highest BCUT2D eigenvalue weighted by Crippen LogP contribution is 2.66. The maximum absolute atomic E-state index is 13.2. The molecule has 1 aromatic rings. The highest BCUT2D eigenvalue weighted by atomic mass is 32.7. The fraction of sp³-hybridized carbons (Fsp3) is 0.680. The second kappa shape index (κ2) is 16.6. The van der Waals surface area contributed by atoms with Gasteiger partial charge in [0.2, 0.25) is 6.29 Å². The van der Waals surface area contributed by atoms with Crippen LogP contribution < -0.4 is 17.0 Å². The minimum Gasteiger partial charge on any atom is -0.462 e. The molecule has 7 unspecified atom stereocenters. The van der Waals surface area contributed by atoms with Gasteiger partial charge in [0.1, 0.15) is 18.8 Å². The summed E-state index contributed by atoms with van der Waals surface area (Å²) >= 11 is 3.70. The van der Waals surface area contributed by atoms with E-state index in [1.807, 2.05) is 0 Å². The number of phosphoric acid groups is 1. The van der Waals surface area contributed by atoms with Crippen LogP contribution in [0, 0.1) is 0 Å². The first-order valence-corrected chi connectivity index (χ1v) is 18.6. The number of esters is 4. The number of aliphatic hydroxyl groups excluding tert-OH is 1. The van der Waals surface area contributed by atoms with Gasteiger partial charge in [0, 0.05) is 40.0 Å². The zero-order valence-electron chi connectivity index (χ0n) is 27.1. The van der Waals surface area contributed by atoms with Crippen LogP contribution in [0.25, 0.3) is 0 Å². The summed E-state index contributed by atoms with van der Waals surface area (Å²) < 4.78 is 73.5. The van der Waals surface area contributed by atoms with E-state index in [0.717, 1.165) is 44.5 Å². The van der Waals surface area contributed by atoms with E-state index < -0.39 is 118 Å². The normalized spacial score (nSPS) is 31.0. The number of H-pyrrole nitrogens is 1. The molecule has 5 N–H and O–H groups in total. The van der Waals surface area contributed by atoms with Crippen molar-refractivity contribution in [1.82, 2.24) is 9.55 Å². The summed E-state index contributed by atoms with van der Waals surface area (Å²) in [6.45, 7) is -0.907. The number of nitrogens with two attached hydrogens (primary N) is 1.